The van der Waals surface area contributed by atoms with Gasteiger partial charge in [-0.1, -0.05) is 0 Å². The molecule has 4 heteroatoms. The third kappa shape index (κ3) is 2.46. The Hall–Kier alpha value is -1.68. The van der Waals surface area contributed by atoms with Gasteiger partial charge in [0.15, 0.2) is 0 Å². The number of aromatic nitrogens is 1. The molecule has 0 saturated carbocycles. The first-order chi connectivity index (χ1) is 7.92. The smallest absolute Gasteiger partial charge is 0.144 e. The molecule has 0 aromatic carbocycles. The summed E-state index contributed by atoms with van der Waals surface area (Å²) >= 11 is 0. The summed E-state index contributed by atoms with van der Waals surface area (Å²) in [6.45, 7) is 3.78. The Balaban J connectivity index is 2.23. The van der Waals surface area contributed by atoms with Gasteiger partial charge >= 0.3 is 0 Å². The van der Waals surface area contributed by atoms with Gasteiger partial charge in [-0.2, -0.15) is 0 Å². The van der Waals surface area contributed by atoms with Crippen LogP contribution in [0.25, 0.3) is 5.70 Å². The van der Waals surface area contributed by atoms with Crippen molar-refractivity contribution in [3.63, 3.8) is 0 Å². The fraction of sp³-hybridized carbons (Fsp3) is 0.333. The fourth-order valence-corrected chi connectivity index (χ4v) is 1.88. The maximum atomic E-state index is 10.7. The zero-order valence-electron chi connectivity index (χ0n) is 9.10. The SMILES string of the molecule is O=CC=C(c1ccncc1)N1CCNCC1. The lowest BCUT2D eigenvalue weighted by Gasteiger charge is -2.31. The molecular weight excluding hydrogens is 202 g/mol. The zero-order chi connectivity index (χ0) is 11.2. The van der Waals surface area contributed by atoms with E-state index in [2.05, 4.69) is 15.2 Å². The molecule has 2 rings (SSSR count). The van der Waals surface area contributed by atoms with Gasteiger partial charge in [-0.3, -0.25) is 9.78 Å². The van der Waals surface area contributed by atoms with E-state index in [9.17, 15) is 4.79 Å². The zero-order valence-corrected chi connectivity index (χ0v) is 9.10. The molecule has 16 heavy (non-hydrogen) atoms. The second-order valence-corrected chi connectivity index (χ2v) is 3.66. The first-order valence-electron chi connectivity index (χ1n) is 5.43. The molecule has 0 radical (unpaired) electrons. The average Bonchev–Trinajstić information content (AvgIpc) is 2.38. The lowest BCUT2D eigenvalue weighted by Crippen LogP contribution is -2.42. The van der Waals surface area contributed by atoms with Gasteiger partial charge < -0.3 is 10.2 Å². The normalized spacial score (nSPS) is 17.2. The molecule has 0 unspecified atom stereocenters. The van der Waals surface area contributed by atoms with E-state index in [1.54, 1.807) is 18.5 Å². The van der Waals surface area contributed by atoms with Crippen LogP contribution in [-0.2, 0) is 4.79 Å². The molecule has 2 heterocycles. The number of aldehydes is 1. The van der Waals surface area contributed by atoms with Crippen molar-refractivity contribution in [3.8, 4) is 0 Å². The fourth-order valence-electron chi connectivity index (χ4n) is 1.88. The molecule has 1 aromatic heterocycles. The number of nitrogens with one attached hydrogen (secondary N) is 1. The van der Waals surface area contributed by atoms with Crippen molar-refractivity contribution in [3.05, 3.63) is 36.2 Å². The highest BCUT2D eigenvalue weighted by Gasteiger charge is 2.13. The molecule has 0 spiro atoms. The number of piperazine rings is 1. The van der Waals surface area contributed by atoms with E-state index in [0.717, 1.165) is 43.7 Å². The lowest BCUT2D eigenvalue weighted by atomic mass is 10.1. The summed E-state index contributed by atoms with van der Waals surface area (Å²) in [5, 5.41) is 3.29. The van der Waals surface area contributed by atoms with Crippen LogP contribution in [0.1, 0.15) is 5.56 Å². The topological polar surface area (TPSA) is 45.2 Å². The Bertz CT molecular complexity index is 369. The Morgan fingerprint density at radius 1 is 1.31 bits per heavy atom. The number of rotatable bonds is 3. The van der Waals surface area contributed by atoms with E-state index in [-0.39, 0.29) is 0 Å². The van der Waals surface area contributed by atoms with E-state index < -0.39 is 0 Å². The number of hydrogen-bond donors (Lipinski definition) is 1. The molecular formula is C12H15N3O. The Kier molecular flexibility index (Phi) is 3.66. The largest absolute Gasteiger partial charge is 0.368 e. The molecule has 1 saturated heterocycles. The summed E-state index contributed by atoms with van der Waals surface area (Å²) in [4.78, 5) is 16.9. The molecule has 0 atom stereocenters. The van der Waals surface area contributed by atoms with Crippen LogP contribution in [0.5, 0.6) is 0 Å². The first-order valence-corrected chi connectivity index (χ1v) is 5.43. The number of pyridine rings is 1. The van der Waals surface area contributed by atoms with Gasteiger partial charge in [-0.25, -0.2) is 0 Å². The van der Waals surface area contributed by atoms with Gasteiger partial charge in [0.25, 0.3) is 0 Å². The van der Waals surface area contributed by atoms with Gasteiger partial charge in [0, 0.05) is 55.9 Å². The van der Waals surface area contributed by atoms with E-state index in [4.69, 9.17) is 0 Å². The lowest BCUT2D eigenvalue weighted by molar-refractivity contribution is -0.104. The van der Waals surface area contributed by atoms with E-state index >= 15 is 0 Å². The van der Waals surface area contributed by atoms with Crippen molar-refractivity contribution in [2.45, 2.75) is 0 Å². The minimum Gasteiger partial charge on any atom is -0.368 e. The second-order valence-electron chi connectivity index (χ2n) is 3.66. The Morgan fingerprint density at radius 3 is 2.62 bits per heavy atom. The third-order valence-electron chi connectivity index (χ3n) is 2.66. The van der Waals surface area contributed by atoms with Crippen molar-refractivity contribution < 1.29 is 4.79 Å². The number of carbonyl (C=O) groups is 1. The third-order valence-corrected chi connectivity index (χ3v) is 2.66. The minimum absolute atomic E-state index is 0.845. The summed E-state index contributed by atoms with van der Waals surface area (Å²) in [6.07, 6.45) is 5.96. The highest BCUT2D eigenvalue weighted by Crippen LogP contribution is 2.18. The average molecular weight is 217 g/mol. The van der Waals surface area contributed by atoms with Gasteiger partial charge in [-0.05, 0) is 12.1 Å². The highest BCUT2D eigenvalue weighted by molar-refractivity contribution is 5.80. The van der Waals surface area contributed by atoms with Crippen molar-refractivity contribution in [2.75, 3.05) is 26.2 Å². The minimum atomic E-state index is 0.845. The molecule has 1 aromatic rings. The summed E-state index contributed by atoms with van der Waals surface area (Å²) in [6, 6.07) is 3.86. The number of hydrogen-bond acceptors (Lipinski definition) is 4. The van der Waals surface area contributed by atoms with Crippen LogP contribution in [0.4, 0.5) is 0 Å². The predicted molar refractivity (Wildman–Crippen MR) is 62.7 cm³/mol. The van der Waals surface area contributed by atoms with Crippen LogP contribution in [0.3, 0.4) is 0 Å². The van der Waals surface area contributed by atoms with Crippen molar-refractivity contribution in [2.24, 2.45) is 0 Å². The molecule has 1 aliphatic heterocycles. The van der Waals surface area contributed by atoms with Crippen LogP contribution >= 0.6 is 0 Å². The number of carbonyl (C=O) groups excluding carboxylic acids is 1. The van der Waals surface area contributed by atoms with Crippen molar-refractivity contribution in [1.82, 2.24) is 15.2 Å². The van der Waals surface area contributed by atoms with Crippen LogP contribution in [0.15, 0.2) is 30.6 Å². The number of nitrogens with zero attached hydrogens (tertiary/aromatic N) is 2. The molecule has 4 nitrogen and oxygen atoms in total. The van der Waals surface area contributed by atoms with Crippen LogP contribution in [0, 0.1) is 0 Å². The van der Waals surface area contributed by atoms with E-state index in [1.165, 1.54) is 0 Å². The van der Waals surface area contributed by atoms with Crippen LogP contribution in [-0.4, -0.2) is 42.3 Å². The molecule has 0 aliphatic carbocycles. The Labute approximate surface area is 95.0 Å². The maximum Gasteiger partial charge on any atom is 0.144 e. The monoisotopic (exact) mass is 217 g/mol. The molecule has 1 fully saturated rings. The first kappa shape index (κ1) is 10.8. The Morgan fingerprint density at radius 2 is 2.00 bits per heavy atom. The molecule has 84 valence electrons. The summed E-state index contributed by atoms with van der Waals surface area (Å²) in [5.41, 5.74) is 2.03. The molecule has 1 aliphatic rings. The van der Waals surface area contributed by atoms with Crippen LogP contribution < -0.4 is 5.32 Å². The molecule has 0 amide bonds. The predicted octanol–water partition coefficient (Wildman–Crippen LogP) is 0.527. The number of allylic oxidation sites excluding steroid dienone is 1. The standard InChI is InChI=1S/C12H15N3O/c16-10-3-12(11-1-4-13-5-2-11)15-8-6-14-7-9-15/h1-5,10,14H,6-9H2. The van der Waals surface area contributed by atoms with Gasteiger partial charge in [0.2, 0.25) is 0 Å². The maximum absolute atomic E-state index is 10.7. The van der Waals surface area contributed by atoms with Crippen molar-refractivity contribution >= 4 is 12.0 Å². The van der Waals surface area contributed by atoms with Gasteiger partial charge in [-0.15, -0.1) is 0 Å². The van der Waals surface area contributed by atoms with Gasteiger partial charge in [0.1, 0.15) is 6.29 Å². The summed E-state index contributed by atoms with van der Waals surface area (Å²) in [5.74, 6) is 0. The van der Waals surface area contributed by atoms with E-state index in [0.29, 0.717) is 0 Å². The van der Waals surface area contributed by atoms with Crippen molar-refractivity contribution in [1.29, 1.82) is 0 Å². The molecule has 1 N–H and O–H groups in total. The summed E-state index contributed by atoms with van der Waals surface area (Å²) in [7, 11) is 0. The molecule has 0 bridgehead atoms. The van der Waals surface area contributed by atoms with Gasteiger partial charge in [0.05, 0.1) is 0 Å². The summed E-state index contributed by atoms with van der Waals surface area (Å²) < 4.78 is 0. The second kappa shape index (κ2) is 5.42. The van der Waals surface area contributed by atoms with Crippen LogP contribution in [0.2, 0.25) is 0 Å². The highest BCUT2D eigenvalue weighted by atomic mass is 16.1. The van der Waals surface area contributed by atoms with E-state index in [1.807, 2.05) is 12.1 Å². The quantitative estimate of drug-likeness (QED) is 0.592.